The van der Waals surface area contributed by atoms with Gasteiger partial charge >= 0.3 is 6.01 Å². The van der Waals surface area contributed by atoms with Crippen LogP contribution in [0.15, 0.2) is 27.5 Å². The second kappa shape index (κ2) is 5.45. The second-order valence-electron chi connectivity index (χ2n) is 4.97. The maximum absolute atomic E-state index is 12.2. The van der Waals surface area contributed by atoms with E-state index in [-0.39, 0.29) is 12.6 Å². The minimum atomic E-state index is -3.52. The standard InChI is InChI=1S/C13H16N4O3S/c14-13-17-16-12(20-13)6-7-15-21(18,19)11-5-4-9-2-1-3-10(9)8-11/h4-5,8,15H,1-3,6-7H2,(H2,14,17). The zero-order valence-corrected chi connectivity index (χ0v) is 12.2. The molecule has 8 heteroatoms. The van der Waals surface area contributed by atoms with E-state index < -0.39 is 10.0 Å². The first-order valence-electron chi connectivity index (χ1n) is 6.74. The van der Waals surface area contributed by atoms with Crippen LogP contribution in [0.2, 0.25) is 0 Å². The molecule has 0 aliphatic heterocycles. The molecule has 112 valence electrons. The van der Waals surface area contributed by atoms with E-state index >= 15 is 0 Å². The van der Waals surface area contributed by atoms with E-state index in [4.69, 9.17) is 10.2 Å². The number of sulfonamides is 1. The maximum atomic E-state index is 12.2. The topological polar surface area (TPSA) is 111 Å². The van der Waals surface area contributed by atoms with Gasteiger partial charge in [0.15, 0.2) is 0 Å². The van der Waals surface area contributed by atoms with Crippen molar-refractivity contribution in [2.45, 2.75) is 30.6 Å². The molecule has 0 saturated heterocycles. The number of anilines is 1. The number of aromatic nitrogens is 2. The quantitative estimate of drug-likeness (QED) is 0.839. The van der Waals surface area contributed by atoms with Gasteiger partial charge in [0.1, 0.15) is 0 Å². The first kappa shape index (κ1) is 14.0. The fourth-order valence-corrected chi connectivity index (χ4v) is 3.54. The van der Waals surface area contributed by atoms with E-state index in [2.05, 4.69) is 14.9 Å². The third-order valence-corrected chi connectivity index (χ3v) is 4.95. The molecule has 1 aromatic carbocycles. The lowest BCUT2D eigenvalue weighted by Crippen LogP contribution is -2.26. The first-order chi connectivity index (χ1) is 10.0. The number of fused-ring (bicyclic) bond motifs is 1. The lowest BCUT2D eigenvalue weighted by Gasteiger charge is -2.07. The highest BCUT2D eigenvalue weighted by molar-refractivity contribution is 7.89. The Hall–Kier alpha value is -1.93. The van der Waals surface area contributed by atoms with Gasteiger partial charge in [-0.25, -0.2) is 13.1 Å². The summed E-state index contributed by atoms with van der Waals surface area (Å²) in [4.78, 5) is 0.299. The van der Waals surface area contributed by atoms with Crippen molar-refractivity contribution in [3.8, 4) is 0 Å². The monoisotopic (exact) mass is 308 g/mol. The summed E-state index contributed by atoms with van der Waals surface area (Å²) < 4.78 is 32.0. The molecule has 3 N–H and O–H groups in total. The van der Waals surface area contributed by atoms with Crippen molar-refractivity contribution in [2.24, 2.45) is 0 Å². The van der Waals surface area contributed by atoms with Gasteiger partial charge in [-0.15, -0.1) is 5.10 Å². The van der Waals surface area contributed by atoms with Gasteiger partial charge in [-0.2, -0.15) is 0 Å². The van der Waals surface area contributed by atoms with Gasteiger partial charge in [0.05, 0.1) is 4.90 Å². The Bertz CT molecular complexity index is 755. The third-order valence-electron chi connectivity index (χ3n) is 3.49. The predicted octanol–water partition coefficient (Wildman–Crippen LogP) is 0.661. The number of rotatable bonds is 5. The van der Waals surface area contributed by atoms with Gasteiger partial charge in [0, 0.05) is 13.0 Å². The molecule has 21 heavy (non-hydrogen) atoms. The number of aryl methyl sites for hydroxylation is 2. The van der Waals surface area contributed by atoms with Gasteiger partial charge in [-0.05, 0) is 42.5 Å². The lowest BCUT2D eigenvalue weighted by atomic mass is 10.1. The zero-order chi connectivity index (χ0) is 14.9. The Balaban J connectivity index is 1.66. The average Bonchev–Trinajstić information content (AvgIpc) is 3.06. The maximum Gasteiger partial charge on any atom is 0.312 e. The van der Waals surface area contributed by atoms with Crippen molar-refractivity contribution >= 4 is 16.0 Å². The number of nitrogens with zero attached hydrogens (tertiary/aromatic N) is 2. The molecule has 0 unspecified atom stereocenters. The fourth-order valence-electron chi connectivity index (χ4n) is 2.46. The van der Waals surface area contributed by atoms with Crippen molar-refractivity contribution in [1.82, 2.24) is 14.9 Å². The predicted molar refractivity (Wildman–Crippen MR) is 76.1 cm³/mol. The Morgan fingerprint density at radius 1 is 1.24 bits per heavy atom. The molecule has 0 spiro atoms. The Labute approximate surface area is 122 Å². The average molecular weight is 308 g/mol. The smallest absolute Gasteiger partial charge is 0.312 e. The molecule has 1 aliphatic carbocycles. The van der Waals surface area contributed by atoms with Crippen molar-refractivity contribution < 1.29 is 12.8 Å². The van der Waals surface area contributed by atoms with Crippen molar-refractivity contribution in [2.75, 3.05) is 12.3 Å². The molecule has 1 heterocycles. The van der Waals surface area contributed by atoms with Crippen molar-refractivity contribution in [3.63, 3.8) is 0 Å². The molecule has 0 saturated carbocycles. The SMILES string of the molecule is Nc1nnc(CCNS(=O)(=O)c2ccc3c(c2)CCC3)o1. The summed E-state index contributed by atoms with van der Waals surface area (Å²) in [6.45, 7) is 0.182. The molecular formula is C13H16N4O3S. The summed E-state index contributed by atoms with van der Waals surface area (Å²) in [7, 11) is -3.52. The molecule has 3 rings (SSSR count). The molecule has 0 amide bonds. The molecular weight excluding hydrogens is 292 g/mol. The summed E-state index contributed by atoms with van der Waals surface area (Å²) in [5.41, 5.74) is 7.67. The van der Waals surface area contributed by atoms with Gasteiger partial charge in [0.25, 0.3) is 0 Å². The number of hydrogen-bond donors (Lipinski definition) is 2. The van der Waals surface area contributed by atoms with E-state index in [1.807, 2.05) is 6.07 Å². The van der Waals surface area contributed by atoms with E-state index in [0.29, 0.717) is 17.2 Å². The highest BCUT2D eigenvalue weighted by atomic mass is 32.2. The number of nitrogen functional groups attached to an aromatic ring is 1. The van der Waals surface area contributed by atoms with Crippen LogP contribution in [0.3, 0.4) is 0 Å². The minimum absolute atomic E-state index is 0.0218. The molecule has 0 atom stereocenters. The summed E-state index contributed by atoms with van der Waals surface area (Å²) in [5, 5.41) is 7.19. The normalized spacial score (nSPS) is 14.3. The Morgan fingerprint density at radius 3 is 2.81 bits per heavy atom. The third kappa shape index (κ3) is 3.06. The summed E-state index contributed by atoms with van der Waals surface area (Å²) in [6, 6.07) is 5.29. The van der Waals surface area contributed by atoms with Gasteiger partial charge in [-0.3, -0.25) is 0 Å². The molecule has 1 aromatic heterocycles. The first-order valence-corrected chi connectivity index (χ1v) is 8.22. The van der Waals surface area contributed by atoms with E-state index in [1.165, 1.54) is 5.56 Å². The van der Waals surface area contributed by atoms with Crippen LogP contribution in [0.5, 0.6) is 0 Å². The molecule has 0 fully saturated rings. The van der Waals surface area contributed by atoms with Gasteiger partial charge < -0.3 is 10.2 Å². The molecule has 7 nitrogen and oxygen atoms in total. The van der Waals surface area contributed by atoms with Crippen LogP contribution in [-0.2, 0) is 29.3 Å². The van der Waals surface area contributed by atoms with Crippen LogP contribution in [0.1, 0.15) is 23.4 Å². The van der Waals surface area contributed by atoms with Crippen LogP contribution in [0.25, 0.3) is 0 Å². The van der Waals surface area contributed by atoms with E-state index in [0.717, 1.165) is 24.8 Å². The number of benzene rings is 1. The van der Waals surface area contributed by atoms with Crippen molar-refractivity contribution in [1.29, 1.82) is 0 Å². The Kier molecular flexibility index (Phi) is 3.64. The number of nitrogens with two attached hydrogens (primary N) is 1. The molecule has 2 aromatic rings. The molecule has 0 bridgehead atoms. The summed E-state index contributed by atoms with van der Waals surface area (Å²) >= 11 is 0. The van der Waals surface area contributed by atoms with Crippen LogP contribution in [0.4, 0.5) is 6.01 Å². The van der Waals surface area contributed by atoms with Crippen LogP contribution >= 0.6 is 0 Å². The van der Waals surface area contributed by atoms with Crippen LogP contribution in [-0.4, -0.2) is 25.2 Å². The van der Waals surface area contributed by atoms with Crippen molar-refractivity contribution in [3.05, 3.63) is 35.2 Å². The van der Waals surface area contributed by atoms with Crippen LogP contribution < -0.4 is 10.5 Å². The molecule has 1 aliphatic rings. The Morgan fingerprint density at radius 2 is 2.05 bits per heavy atom. The van der Waals surface area contributed by atoms with E-state index in [9.17, 15) is 8.42 Å². The number of nitrogens with one attached hydrogen (secondary N) is 1. The molecule has 0 radical (unpaired) electrons. The summed E-state index contributed by atoms with van der Waals surface area (Å²) in [6.07, 6.45) is 3.36. The van der Waals surface area contributed by atoms with E-state index in [1.54, 1.807) is 12.1 Å². The summed E-state index contributed by atoms with van der Waals surface area (Å²) in [5.74, 6) is 0.309. The zero-order valence-electron chi connectivity index (χ0n) is 11.4. The highest BCUT2D eigenvalue weighted by Gasteiger charge is 2.18. The van der Waals surface area contributed by atoms with Crippen LogP contribution in [0, 0.1) is 0 Å². The largest absolute Gasteiger partial charge is 0.408 e. The van der Waals surface area contributed by atoms with Gasteiger partial charge in [0.2, 0.25) is 15.9 Å². The highest BCUT2D eigenvalue weighted by Crippen LogP contribution is 2.24. The van der Waals surface area contributed by atoms with Gasteiger partial charge in [-0.1, -0.05) is 11.2 Å². The lowest BCUT2D eigenvalue weighted by molar-refractivity contribution is 0.506. The second-order valence-corrected chi connectivity index (χ2v) is 6.73. The fraction of sp³-hybridized carbons (Fsp3) is 0.385. The number of hydrogen-bond acceptors (Lipinski definition) is 6. The minimum Gasteiger partial charge on any atom is -0.408 e.